The van der Waals surface area contributed by atoms with E-state index in [1.165, 1.54) is 18.7 Å². The molecule has 1 saturated heterocycles. The van der Waals surface area contributed by atoms with E-state index in [-0.39, 0.29) is 36.4 Å². The number of ether oxygens (including phenoxy) is 2. The molecule has 1 aromatic heterocycles. The molecule has 4 atom stereocenters. The number of nitrogens with one attached hydrogen (secondary N) is 1. The SMILES string of the molecule is CC(=O)Nc1cccc(C2OC(CSc3nnnn3-c3ccc(O)cc3)C(C)C(c3ccc(CO)cc3)O2)c1. The van der Waals surface area contributed by atoms with Gasteiger partial charge in [0, 0.05) is 29.8 Å². The molecule has 202 valence electrons. The Kier molecular flexibility index (Phi) is 8.22. The number of benzene rings is 3. The van der Waals surface area contributed by atoms with Gasteiger partial charge in [0.2, 0.25) is 11.1 Å². The fourth-order valence-corrected chi connectivity index (χ4v) is 5.51. The molecule has 1 amide bonds. The predicted octanol–water partition coefficient (Wildman–Crippen LogP) is 4.40. The Balaban J connectivity index is 1.40. The van der Waals surface area contributed by atoms with Gasteiger partial charge in [-0.3, -0.25) is 4.79 Å². The number of rotatable bonds is 8. The lowest BCUT2D eigenvalue weighted by Gasteiger charge is -2.41. The summed E-state index contributed by atoms with van der Waals surface area (Å²) in [4.78, 5) is 11.6. The molecule has 0 aliphatic carbocycles. The summed E-state index contributed by atoms with van der Waals surface area (Å²) < 4.78 is 14.6. The number of anilines is 1. The van der Waals surface area contributed by atoms with Gasteiger partial charge in [0.25, 0.3) is 0 Å². The highest BCUT2D eigenvalue weighted by Crippen LogP contribution is 2.43. The third-order valence-electron chi connectivity index (χ3n) is 6.51. The second-order valence-electron chi connectivity index (χ2n) is 9.33. The molecule has 3 N–H and O–H groups in total. The molecule has 4 unspecified atom stereocenters. The molecule has 5 rings (SSSR count). The number of hydrogen-bond donors (Lipinski definition) is 3. The van der Waals surface area contributed by atoms with Gasteiger partial charge in [-0.1, -0.05) is 55.1 Å². The van der Waals surface area contributed by atoms with Gasteiger partial charge in [0.05, 0.1) is 24.5 Å². The molecule has 10 nitrogen and oxygen atoms in total. The van der Waals surface area contributed by atoms with Crippen LogP contribution in [-0.2, 0) is 20.9 Å². The number of carbonyl (C=O) groups is 1. The normalized spacial score (nSPS) is 21.0. The van der Waals surface area contributed by atoms with Crippen molar-refractivity contribution in [1.82, 2.24) is 20.2 Å². The molecule has 39 heavy (non-hydrogen) atoms. The third kappa shape index (κ3) is 6.28. The molecule has 11 heteroatoms. The highest BCUT2D eigenvalue weighted by atomic mass is 32.2. The fraction of sp³-hybridized carbons (Fsp3) is 0.286. The summed E-state index contributed by atoms with van der Waals surface area (Å²) in [7, 11) is 0. The van der Waals surface area contributed by atoms with Crippen molar-refractivity contribution in [2.75, 3.05) is 11.1 Å². The van der Waals surface area contributed by atoms with Gasteiger partial charge in [0.1, 0.15) is 5.75 Å². The van der Waals surface area contributed by atoms with Crippen molar-refractivity contribution in [3.05, 3.63) is 89.5 Å². The topological polar surface area (TPSA) is 132 Å². The lowest BCUT2D eigenvalue weighted by molar-refractivity contribution is -0.268. The number of aromatic nitrogens is 4. The molecule has 0 saturated carbocycles. The van der Waals surface area contributed by atoms with Crippen LogP contribution in [0.2, 0.25) is 0 Å². The van der Waals surface area contributed by atoms with E-state index in [0.717, 1.165) is 22.4 Å². The number of phenols is 1. The van der Waals surface area contributed by atoms with Crippen LogP contribution in [-0.4, -0.2) is 48.2 Å². The predicted molar refractivity (Wildman–Crippen MR) is 145 cm³/mol. The van der Waals surface area contributed by atoms with Crippen LogP contribution in [0.15, 0.2) is 78.0 Å². The van der Waals surface area contributed by atoms with Crippen molar-refractivity contribution in [1.29, 1.82) is 0 Å². The fourth-order valence-electron chi connectivity index (χ4n) is 4.46. The summed E-state index contributed by atoms with van der Waals surface area (Å²) in [6.07, 6.45) is -1.18. The summed E-state index contributed by atoms with van der Waals surface area (Å²) in [5.74, 6) is 0.534. The van der Waals surface area contributed by atoms with Crippen LogP contribution in [0, 0.1) is 5.92 Å². The van der Waals surface area contributed by atoms with Gasteiger partial charge in [-0.15, -0.1) is 5.10 Å². The second kappa shape index (κ2) is 12.0. The molecule has 0 radical (unpaired) electrons. The van der Waals surface area contributed by atoms with E-state index in [1.54, 1.807) is 28.9 Å². The van der Waals surface area contributed by atoms with Crippen LogP contribution in [0.4, 0.5) is 5.69 Å². The number of nitrogens with zero attached hydrogens (tertiary/aromatic N) is 4. The molecule has 0 spiro atoms. The smallest absolute Gasteiger partial charge is 0.221 e. The first kappa shape index (κ1) is 26.8. The standard InChI is InChI=1S/C28H29N5O5S/c1-17-25(16-39-28-30-31-32-33(28)23-10-12-24(36)13-11-23)37-27(21-4-3-5-22(14-21)29-18(2)35)38-26(17)20-8-6-19(15-34)7-9-20/h3-14,17,25-27,34,36H,15-16H2,1-2H3,(H,29,35). The minimum absolute atomic E-state index is 0.0229. The molecule has 1 aliphatic heterocycles. The van der Waals surface area contributed by atoms with Gasteiger partial charge >= 0.3 is 0 Å². The van der Waals surface area contributed by atoms with Gasteiger partial charge < -0.3 is 25.0 Å². The summed E-state index contributed by atoms with van der Waals surface area (Å²) in [6, 6.07) is 21.8. The zero-order valence-corrected chi connectivity index (χ0v) is 22.3. The maximum Gasteiger partial charge on any atom is 0.221 e. The Labute approximate surface area is 230 Å². The average Bonchev–Trinajstić information content (AvgIpc) is 3.41. The first-order valence-electron chi connectivity index (χ1n) is 12.5. The average molecular weight is 548 g/mol. The van der Waals surface area contributed by atoms with Crippen LogP contribution < -0.4 is 5.32 Å². The van der Waals surface area contributed by atoms with Crippen LogP contribution in [0.5, 0.6) is 5.75 Å². The van der Waals surface area contributed by atoms with Crippen molar-refractivity contribution in [2.45, 2.75) is 44.1 Å². The van der Waals surface area contributed by atoms with Gasteiger partial charge in [-0.05, 0) is 58.0 Å². The van der Waals surface area contributed by atoms with Crippen LogP contribution in [0.1, 0.15) is 42.9 Å². The number of aliphatic hydroxyl groups is 1. The van der Waals surface area contributed by atoms with E-state index in [4.69, 9.17) is 9.47 Å². The Bertz CT molecular complexity index is 1410. The number of carbonyl (C=O) groups excluding carboxylic acids is 1. The Morgan fingerprint density at radius 2 is 1.82 bits per heavy atom. The summed E-state index contributed by atoms with van der Waals surface area (Å²) >= 11 is 1.47. The van der Waals surface area contributed by atoms with E-state index < -0.39 is 6.29 Å². The van der Waals surface area contributed by atoms with Gasteiger partial charge in [0.15, 0.2) is 6.29 Å². The highest BCUT2D eigenvalue weighted by molar-refractivity contribution is 7.99. The molecule has 1 fully saturated rings. The largest absolute Gasteiger partial charge is 0.508 e. The molecule has 1 aliphatic rings. The van der Waals surface area contributed by atoms with Crippen molar-refractivity contribution < 1.29 is 24.5 Å². The maximum atomic E-state index is 11.6. The van der Waals surface area contributed by atoms with E-state index >= 15 is 0 Å². The van der Waals surface area contributed by atoms with Crippen molar-refractivity contribution >= 4 is 23.4 Å². The van der Waals surface area contributed by atoms with Crippen molar-refractivity contribution in [2.24, 2.45) is 5.92 Å². The number of tetrazole rings is 1. The minimum atomic E-state index is -0.670. The molecule has 4 aromatic rings. The zero-order valence-electron chi connectivity index (χ0n) is 21.5. The van der Waals surface area contributed by atoms with Crippen LogP contribution >= 0.6 is 11.8 Å². The highest BCUT2D eigenvalue weighted by Gasteiger charge is 2.38. The van der Waals surface area contributed by atoms with Crippen LogP contribution in [0.25, 0.3) is 5.69 Å². The first-order valence-corrected chi connectivity index (χ1v) is 13.5. The molecule has 2 heterocycles. The number of amides is 1. The second-order valence-corrected chi connectivity index (χ2v) is 10.3. The van der Waals surface area contributed by atoms with Crippen molar-refractivity contribution in [3.8, 4) is 11.4 Å². The maximum absolute atomic E-state index is 11.6. The van der Waals surface area contributed by atoms with Crippen LogP contribution in [0.3, 0.4) is 0 Å². The van der Waals surface area contributed by atoms with E-state index in [9.17, 15) is 15.0 Å². The lowest BCUT2D eigenvalue weighted by Crippen LogP contribution is -2.38. The number of phenolic OH excluding ortho intramolecular Hbond substituents is 1. The Hall–Kier alpha value is -3.77. The van der Waals surface area contributed by atoms with E-state index in [1.807, 2.05) is 48.5 Å². The van der Waals surface area contributed by atoms with E-state index in [0.29, 0.717) is 16.6 Å². The quantitative estimate of drug-likeness (QED) is 0.275. The lowest BCUT2D eigenvalue weighted by atomic mass is 9.91. The number of aliphatic hydroxyl groups excluding tert-OH is 1. The summed E-state index contributed by atoms with van der Waals surface area (Å²) in [5, 5.41) is 34.6. The summed E-state index contributed by atoms with van der Waals surface area (Å²) in [5.41, 5.74) is 3.99. The number of aromatic hydroxyl groups is 1. The number of thioether (sulfide) groups is 1. The van der Waals surface area contributed by atoms with E-state index in [2.05, 4.69) is 27.8 Å². The monoisotopic (exact) mass is 547 g/mol. The Morgan fingerprint density at radius 3 is 2.54 bits per heavy atom. The first-order chi connectivity index (χ1) is 18.9. The van der Waals surface area contributed by atoms with Gasteiger partial charge in [-0.25, -0.2) is 0 Å². The van der Waals surface area contributed by atoms with Gasteiger partial charge in [-0.2, -0.15) is 4.68 Å². The molecular formula is C28H29N5O5S. The number of hydrogen-bond acceptors (Lipinski definition) is 9. The third-order valence-corrected chi connectivity index (χ3v) is 7.52. The molecule has 3 aromatic carbocycles. The Morgan fingerprint density at radius 1 is 1.05 bits per heavy atom. The molecule has 0 bridgehead atoms. The van der Waals surface area contributed by atoms with Crippen molar-refractivity contribution in [3.63, 3.8) is 0 Å². The minimum Gasteiger partial charge on any atom is -0.508 e. The summed E-state index contributed by atoms with van der Waals surface area (Å²) in [6.45, 7) is 3.52. The zero-order chi connectivity index (χ0) is 27.4. The molecular weight excluding hydrogens is 518 g/mol.